The molecule has 0 saturated carbocycles. The predicted molar refractivity (Wildman–Crippen MR) is 65.1 cm³/mol. The third-order valence-corrected chi connectivity index (χ3v) is 2.60. The molecule has 0 aromatic carbocycles. The second-order valence-corrected chi connectivity index (χ2v) is 4.06. The first-order valence-corrected chi connectivity index (χ1v) is 6.09. The van der Waals surface area contributed by atoms with Crippen LogP contribution in [0.4, 0.5) is 0 Å². The Balaban J connectivity index is 2.22. The van der Waals surface area contributed by atoms with Crippen molar-refractivity contribution < 1.29 is 4.79 Å². The van der Waals surface area contributed by atoms with E-state index in [1.54, 1.807) is 17.1 Å². The van der Waals surface area contributed by atoms with Crippen LogP contribution in [0, 0.1) is 0 Å². The molecule has 0 bridgehead atoms. The van der Waals surface area contributed by atoms with Gasteiger partial charge in [0.05, 0.1) is 12.7 Å². The van der Waals surface area contributed by atoms with Crippen molar-refractivity contribution in [2.24, 2.45) is 5.73 Å². The fraction of sp³-hybridized carbons (Fsp3) is 0.727. The van der Waals surface area contributed by atoms with Gasteiger partial charge in [-0.05, 0) is 6.42 Å². The van der Waals surface area contributed by atoms with E-state index in [-0.39, 0.29) is 11.9 Å². The van der Waals surface area contributed by atoms with Gasteiger partial charge in [0.15, 0.2) is 0 Å². The summed E-state index contributed by atoms with van der Waals surface area (Å²) in [5, 5.41) is 10.4. The smallest absolute Gasteiger partial charge is 0.222 e. The molecule has 0 saturated heterocycles. The number of nitrogens with one attached hydrogen (secondary N) is 1. The molecule has 6 nitrogen and oxygen atoms in total. The van der Waals surface area contributed by atoms with E-state index < -0.39 is 0 Å². The summed E-state index contributed by atoms with van der Waals surface area (Å²) in [6, 6.07) is 0.0956. The number of carbonyl (C=O) groups is 1. The van der Waals surface area contributed by atoms with Gasteiger partial charge in [-0.2, -0.15) is 0 Å². The average Bonchev–Trinajstić information content (AvgIpc) is 2.85. The largest absolute Gasteiger partial charge is 0.352 e. The van der Waals surface area contributed by atoms with Crippen molar-refractivity contribution in [2.75, 3.05) is 6.54 Å². The molecule has 0 spiro atoms. The first kappa shape index (κ1) is 13.6. The molecule has 1 amide bonds. The van der Waals surface area contributed by atoms with Gasteiger partial charge < -0.3 is 11.1 Å². The van der Waals surface area contributed by atoms with Gasteiger partial charge in [-0.15, -0.1) is 5.10 Å². The van der Waals surface area contributed by atoms with Crippen LogP contribution in [0.1, 0.15) is 32.6 Å². The zero-order valence-corrected chi connectivity index (χ0v) is 10.3. The van der Waals surface area contributed by atoms with Gasteiger partial charge in [-0.25, -0.2) is 0 Å². The third kappa shape index (κ3) is 5.44. The lowest BCUT2D eigenvalue weighted by Gasteiger charge is -2.16. The summed E-state index contributed by atoms with van der Waals surface area (Å²) < 4.78 is 1.64. The fourth-order valence-electron chi connectivity index (χ4n) is 1.57. The van der Waals surface area contributed by atoms with Gasteiger partial charge in [0.1, 0.15) is 0 Å². The van der Waals surface area contributed by atoms with Crippen LogP contribution < -0.4 is 11.1 Å². The number of aryl methyl sites for hydroxylation is 1. The molecule has 1 aromatic heterocycles. The van der Waals surface area contributed by atoms with Crippen LogP contribution in [-0.4, -0.2) is 33.5 Å². The highest BCUT2D eigenvalue weighted by Crippen LogP contribution is 2.00. The van der Waals surface area contributed by atoms with E-state index in [0.29, 0.717) is 19.5 Å². The summed E-state index contributed by atoms with van der Waals surface area (Å²) in [5.74, 6) is 0.0204. The van der Waals surface area contributed by atoms with E-state index >= 15 is 0 Å². The maximum atomic E-state index is 11.6. The van der Waals surface area contributed by atoms with Crippen LogP contribution in [0.15, 0.2) is 12.4 Å². The Morgan fingerprint density at radius 3 is 3.00 bits per heavy atom. The van der Waals surface area contributed by atoms with Crippen molar-refractivity contribution in [1.29, 1.82) is 0 Å². The second kappa shape index (κ2) is 7.78. The number of hydrogen-bond donors (Lipinski definition) is 2. The van der Waals surface area contributed by atoms with Gasteiger partial charge >= 0.3 is 0 Å². The van der Waals surface area contributed by atoms with E-state index in [0.717, 1.165) is 19.3 Å². The topological polar surface area (TPSA) is 85.8 Å². The highest BCUT2D eigenvalue weighted by molar-refractivity contribution is 5.76. The van der Waals surface area contributed by atoms with E-state index in [2.05, 4.69) is 22.6 Å². The van der Waals surface area contributed by atoms with Gasteiger partial charge in [-0.3, -0.25) is 9.48 Å². The maximum absolute atomic E-state index is 11.6. The molecule has 0 aliphatic carbocycles. The number of nitrogens with two attached hydrogens (primary N) is 1. The molecule has 0 aliphatic heterocycles. The predicted octanol–water partition coefficient (Wildman–Crippen LogP) is 0.302. The zero-order valence-electron chi connectivity index (χ0n) is 10.3. The Morgan fingerprint density at radius 1 is 1.59 bits per heavy atom. The summed E-state index contributed by atoms with van der Waals surface area (Å²) in [5.41, 5.74) is 5.61. The van der Waals surface area contributed by atoms with Crippen LogP contribution in [0.25, 0.3) is 0 Å². The first-order chi connectivity index (χ1) is 8.26. The van der Waals surface area contributed by atoms with E-state index in [1.165, 1.54) is 0 Å². The summed E-state index contributed by atoms with van der Waals surface area (Å²) in [6.45, 7) is 3.17. The lowest BCUT2D eigenvalue weighted by Crippen LogP contribution is -2.40. The Morgan fingerprint density at radius 2 is 2.41 bits per heavy atom. The SMILES string of the molecule is CCCCC(CN)NC(=O)CCn1ccnn1. The van der Waals surface area contributed by atoms with E-state index in [9.17, 15) is 4.79 Å². The minimum atomic E-state index is 0.0204. The standard InChI is InChI=1S/C11H21N5O/c1-2-3-4-10(9-12)14-11(17)5-7-16-8-6-13-15-16/h6,8,10H,2-5,7,9,12H2,1H3,(H,14,17). The number of nitrogens with zero attached hydrogens (tertiary/aromatic N) is 3. The number of rotatable bonds is 8. The van der Waals surface area contributed by atoms with Crippen molar-refractivity contribution in [2.45, 2.75) is 45.2 Å². The first-order valence-electron chi connectivity index (χ1n) is 6.09. The van der Waals surface area contributed by atoms with E-state index in [1.807, 2.05) is 0 Å². The minimum absolute atomic E-state index is 0.0204. The molecule has 3 N–H and O–H groups in total. The van der Waals surface area contributed by atoms with Crippen molar-refractivity contribution in [3.8, 4) is 0 Å². The van der Waals surface area contributed by atoms with Crippen molar-refractivity contribution in [3.63, 3.8) is 0 Å². The van der Waals surface area contributed by atoms with Gasteiger partial charge in [0, 0.05) is 25.2 Å². The number of carbonyl (C=O) groups excluding carboxylic acids is 1. The molecule has 1 aromatic rings. The summed E-state index contributed by atoms with van der Waals surface area (Å²) >= 11 is 0. The number of hydrogen-bond acceptors (Lipinski definition) is 4. The molecule has 0 fully saturated rings. The summed E-state index contributed by atoms with van der Waals surface area (Å²) in [6.07, 6.45) is 6.90. The van der Waals surface area contributed by atoms with E-state index in [4.69, 9.17) is 5.73 Å². The lowest BCUT2D eigenvalue weighted by atomic mass is 10.1. The van der Waals surface area contributed by atoms with Crippen LogP contribution in [0.2, 0.25) is 0 Å². The quantitative estimate of drug-likeness (QED) is 0.683. The lowest BCUT2D eigenvalue weighted by molar-refractivity contribution is -0.122. The highest BCUT2D eigenvalue weighted by Gasteiger charge is 2.10. The molecule has 6 heteroatoms. The molecule has 96 valence electrons. The van der Waals surface area contributed by atoms with Crippen LogP contribution in [0.3, 0.4) is 0 Å². The second-order valence-electron chi connectivity index (χ2n) is 4.06. The summed E-state index contributed by atoms with van der Waals surface area (Å²) in [7, 11) is 0. The Labute approximate surface area is 102 Å². The van der Waals surface area contributed by atoms with Crippen molar-refractivity contribution in [1.82, 2.24) is 20.3 Å². The highest BCUT2D eigenvalue weighted by atomic mass is 16.1. The van der Waals surface area contributed by atoms with Gasteiger partial charge in [-0.1, -0.05) is 25.0 Å². The van der Waals surface area contributed by atoms with Crippen molar-refractivity contribution >= 4 is 5.91 Å². The minimum Gasteiger partial charge on any atom is -0.352 e. The molecule has 1 unspecified atom stereocenters. The monoisotopic (exact) mass is 239 g/mol. The molecule has 1 heterocycles. The maximum Gasteiger partial charge on any atom is 0.222 e. The normalized spacial score (nSPS) is 12.4. The molecule has 1 atom stereocenters. The molecular formula is C11H21N5O. The molecule has 17 heavy (non-hydrogen) atoms. The number of aromatic nitrogens is 3. The Kier molecular flexibility index (Phi) is 6.24. The molecule has 0 aliphatic rings. The third-order valence-electron chi connectivity index (χ3n) is 2.60. The van der Waals surface area contributed by atoms with Crippen LogP contribution >= 0.6 is 0 Å². The molecular weight excluding hydrogens is 218 g/mol. The molecule has 1 rings (SSSR count). The number of amides is 1. The fourth-order valence-corrected chi connectivity index (χ4v) is 1.57. The van der Waals surface area contributed by atoms with Gasteiger partial charge in [0.25, 0.3) is 0 Å². The average molecular weight is 239 g/mol. The number of unbranched alkanes of at least 4 members (excludes halogenated alkanes) is 1. The molecule has 0 radical (unpaired) electrons. The van der Waals surface area contributed by atoms with Crippen LogP contribution in [0.5, 0.6) is 0 Å². The van der Waals surface area contributed by atoms with Gasteiger partial charge in [0.2, 0.25) is 5.91 Å². The zero-order chi connectivity index (χ0) is 12.5. The Bertz CT molecular complexity index is 312. The Hall–Kier alpha value is -1.43. The van der Waals surface area contributed by atoms with Crippen LogP contribution in [-0.2, 0) is 11.3 Å². The summed E-state index contributed by atoms with van der Waals surface area (Å²) in [4.78, 5) is 11.6. The van der Waals surface area contributed by atoms with Crippen molar-refractivity contribution in [3.05, 3.63) is 12.4 Å².